The zero-order chi connectivity index (χ0) is 14.1. The van der Waals surface area contributed by atoms with Gasteiger partial charge in [-0.3, -0.25) is 0 Å². The van der Waals surface area contributed by atoms with E-state index in [0.29, 0.717) is 12.2 Å². The molecule has 1 aromatic carbocycles. The lowest BCUT2D eigenvalue weighted by molar-refractivity contribution is -0.134. The molecule has 0 aromatic heterocycles. The minimum absolute atomic E-state index is 0.558. The maximum atomic E-state index is 9.55. The molecule has 0 bridgehead atoms. The Kier molecular flexibility index (Phi) is 5.62. The monoisotopic (exact) mass is 259 g/mol. The molecule has 0 unspecified atom stereocenters. The number of allylic oxidation sites excluding steroid dienone is 2. The van der Waals surface area contributed by atoms with Gasteiger partial charge in [0.1, 0.15) is 0 Å². The summed E-state index contributed by atoms with van der Waals surface area (Å²) in [5.74, 6) is -2.51. The van der Waals surface area contributed by atoms with Crippen LogP contribution in [0.2, 0.25) is 0 Å². The van der Waals surface area contributed by atoms with Gasteiger partial charge in [-0.25, -0.2) is 9.59 Å². The first kappa shape index (κ1) is 14.2. The van der Waals surface area contributed by atoms with Gasteiger partial charge in [0.25, 0.3) is 0 Å². The first-order valence-corrected chi connectivity index (χ1v) is 5.42. The van der Waals surface area contributed by atoms with Gasteiger partial charge in [0.15, 0.2) is 0 Å². The van der Waals surface area contributed by atoms with Gasteiger partial charge in [-0.15, -0.1) is 0 Å². The zero-order valence-corrected chi connectivity index (χ0v) is 9.98. The van der Waals surface area contributed by atoms with Gasteiger partial charge in [0, 0.05) is 24.0 Å². The summed E-state index contributed by atoms with van der Waals surface area (Å²) in [5.41, 5.74) is 2.40. The predicted octanol–water partition coefficient (Wildman–Crippen LogP) is 2.35. The highest BCUT2D eigenvalue weighted by molar-refractivity contribution is 5.89. The van der Waals surface area contributed by atoms with Gasteiger partial charge in [-0.2, -0.15) is 0 Å². The van der Waals surface area contributed by atoms with E-state index in [2.05, 4.69) is 23.5 Å². The highest BCUT2D eigenvalue weighted by Crippen LogP contribution is 2.18. The number of fused-ring (bicyclic) bond motifs is 1. The molecule has 0 spiro atoms. The molecule has 19 heavy (non-hydrogen) atoms. The first-order valence-electron chi connectivity index (χ1n) is 5.42. The Bertz CT molecular complexity index is 528. The van der Waals surface area contributed by atoms with E-state index >= 15 is 0 Å². The molecule has 0 saturated heterocycles. The summed E-state index contributed by atoms with van der Waals surface area (Å²) in [6.45, 7) is 0. The van der Waals surface area contributed by atoms with Crippen LogP contribution in [0.25, 0.3) is 6.08 Å². The molecule has 0 atom stereocenters. The summed E-state index contributed by atoms with van der Waals surface area (Å²) in [5, 5.41) is 18.8. The number of para-hydroxylation sites is 1. The van der Waals surface area contributed by atoms with Gasteiger partial charge < -0.3 is 15.5 Å². The molecular weight excluding hydrogens is 246 g/mol. The second kappa shape index (κ2) is 7.50. The van der Waals surface area contributed by atoms with Crippen LogP contribution in [0.5, 0.6) is 0 Å². The summed E-state index contributed by atoms with van der Waals surface area (Å²) in [4.78, 5) is 19.1. The van der Waals surface area contributed by atoms with Crippen molar-refractivity contribution in [3.8, 4) is 0 Å². The summed E-state index contributed by atoms with van der Waals surface area (Å²) in [7, 11) is 0. The quantitative estimate of drug-likeness (QED) is 0.710. The second-order valence-electron chi connectivity index (χ2n) is 3.46. The predicted molar refractivity (Wildman–Crippen MR) is 72.7 cm³/mol. The van der Waals surface area contributed by atoms with Crippen molar-refractivity contribution >= 4 is 23.7 Å². The number of rotatable bonds is 2. The molecule has 98 valence electrons. The molecule has 1 aliphatic heterocycles. The first-order chi connectivity index (χ1) is 9.09. The van der Waals surface area contributed by atoms with Gasteiger partial charge >= 0.3 is 11.9 Å². The average Bonchev–Trinajstić information content (AvgIpc) is 2.62. The van der Waals surface area contributed by atoms with Crippen molar-refractivity contribution < 1.29 is 19.8 Å². The third-order valence-electron chi connectivity index (χ3n) is 2.05. The van der Waals surface area contributed by atoms with Gasteiger partial charge in [0.2, 0.25) is 0 Å². The Morgan fingerprint density at radius 3 is 2.26 bits per heavy atom. The average molecular weight is 259 g/mol. The number of anilines is 1. The maximum Gasteiger partial charge on any atom is 0.328 e. The van der Waals surface area contributed by atoms with Crippen molar-refractivity contribution in [2.24, 2.45) is 0 Å². The zero-order valence-electron chi connectivity index (χ0n) is 9.98. The highest BCUT2D eigenvalue weighted by atomic mass is 16.4. The SMILES string of the molecule is C1=CNc2ccccc2C=C1.O=C(O)/C=C\C(=O)O. The van der Waals surface area contributed by atoms with Crippen molar-refractivity contribution in [1.82, 2.24) is 0 Å². The molecule has 0 aliphatic carbocycles. The lowest BCUT2D eigenvalue weighted by Crippen LogP contribution is -1.91. The minimum Gasteiger partial charge on any atom is -0.478 e. The lowest BCUT2D eigenvalue weighted by atomic mass is 10.2. The van der Waals surface area contributed by atoms with Crippen LogP contribution >= 0.6 is 0 Å². The van der Waals surface area contributed by atoms with Crippen LogP contribution in [0.1, 0.15) is 5.56 Å². The molecule has 5 heteroatoms. The number of carboxylic acids is 2. The molecule has 5 nitrogen and oxygen atoms in total. The Labute approximate surface area is 110 Å². The topological polar surface area (TPSA) is 86.6 Å². The van der Waals surface area contributed by atoms with Crippen molar-refractivity contribution in [2.45, 2.75) is 0 Å². The number of nitrogens with one attached hydrogen (secondary N) is 1. The van der Waals surface area contributed by atoms with Crippen molar-refractivity contribution in [3.63, 3.8) is 0 Å². The second-order valence-corrected chi connectivity index (χ2v) is 3.46. The standard InChI is InChI=1S/C10H9N.C4H4O4/c1-2-7-10-9(5-1)6-3-4-8-11-10;5-3(6)1-2-4(7)8/h1-8,11H;1-2H,(H,5,6)(H,7,8)/b;2-1-. The number of benzene rings is 1. The van der Waals surface area contributed by atoms with E-state index in [1.807, 2.05) is 30.5 Å². The van der Waals surface area contributed by atoms with Crippen LogP contribution in [0.15, 0.2) is 54.8 Å². The molecule has 1 aliphatic rings. The highest BCUT2D eigenvalue weighted by Gasteiger charge is 1.95. The Balaban J connectivity index is 0.000000203. The fourth-order valence-electron chi connectivity index (χ4n) is 1.27. The van der Waals surface area contributed by atoms with E-state index < -0.39 is 11.9 Å². The molecule has 0 saturated carbocycles. The number of carboxylic acid groups (broad SMARTS) is 2. The van der Waals surface area contributed by atoms with E-state index in [0.717, 1.165) is 5.69 Å². The van der Waals surface area contributed by atoms with E-state index in [1.165, 1.54) is 5.56 Å². The number of carbonyl (C=O) groups is 2. The molecule has 0 fully saturated rings. The van der Waals surface area contributed by atoms with E-state index in [-0.39, 0.29) is 0 Å². The minimum atomic E-state index is -1.26. The fraction of sp³-hybridized carbons (Fsp3) is 0. The maximum absolute atomic E-state index is 9.55. The summed E-state index contributed by atoms with van der Waals surface area (Å²) in [6.07, 6.45) is 9.15. The summed E-state index contributed by atoms with van der Waals surface area (Å²) in [6, 6.07) is 8.22. The molecule has 3 N–H and O–H groups in total. The molecule has 1 heterocycles. The van der Waals surface area contributed by atoms with Gasteiger partial charge in [-0.1, -0.05) is 30.4 Å². The van der Waals surface area contributed by atoms with Crippen molar-refractivity contribution in [3.05, 3.63) is 60.3 Å². The van der Waals surface area contributed by atoms with Crippen LogP contribution in [-0.4, -0.2) is 22.2 Å². The summed E-state index contributed by atoms with van der Waals surface area (Å²) < 4.78 is 0. The Morgan fingerprint density at radius 1 is 1.00 bits per heavy atom. The Hall–Kier alpha value is -2.82. The lowest BCUT2D eigenvalue weighted by Gasteiger charge is -2.01. The van der Waals surface area contributed by atoms with E-state index in [1.54, 1.807) is 0 Å². The van der Waals surface area contributed by atoms with Crippen LogP contribution < -0.4 is 5.32 Å². The molecule has 0 radical (unpaired) electrons. The molecule has 1 aromatic rings. The third-order valence-corrected chi connectivity index (χ3v) is 2.05. The van der Waals surface area contributed by atoms with Crippen molar-refractivity contribution in [2.75, 3.05) is 5.32 Å². The number of hydrogen-bond acceptors (Lipinski definition) is 3. The normalized spacial score (nSPS) is 11.8. The van der Waals surface area contributed by atoms with E-state index in [4.69, 9.17) is 10.2 Å². The van der Waals surface area contributed by atoms with Gasteiger partial charge in [-0.05, 0) is 17.7 Å². The van der Waals surface area contributed by atoms with Crippen LogP contribution in [0.3, 0.4) is 0 Å². The summed E-state index contributed by atoms with van der Waals surface area (Å²) >= 11 is 0. The fourth-order valence-corrected chi connectivity index (χ4v) is 1.27. The molecule has 2 rings (SSSR count). The van der Waals surface area contributed by atoms with Crippen LogP contribution in [-0.2, 0) is 9.59 Å². The largest absolute Gasteiger partial charge is 0.478 e. The molecule has 0 amide bonds. The van der Waals surface area contributed by atoms with E-state index in [9.17, 15) is 9.59 Å². The molecular formula is C14H13NO4. The van der Waals surface area contributed by atoms with Crippen LogP contribution in [0, 0.1) is 0 Å². The van der Waals surface area contributed by atoms with Crippen molar-refractivity contribution in [1.29, 1.82) is 0 Å². The smallest absolute Gasteiger partial charge is 0.328 e. The number of aliphatic carboxylic acids is 2. The van der Waals surface area contributed by atoms with Gasteiger partial charge in [0.05, 0.1) is 0 Å². The Morgan fingerprint density at radius 2 is 1.63 bits per heavy atom. The number of hydrogen-bond donors (Lipinski definition) is 3. The third kappa shape index (κ3) is 5.88. The van der Waals surface area contributed by atoms with Crippen LogP contribution in [0.4, 0.5) is 5.69 Å².